The van der Waals surface area contributed by atoms with E-state index in [0.29, 0.717) is 0 Å². The van der Waals surface area contributed by atoms with E-state index in [9.17, 15) is 4.79 Å². The van der Waals surface area contributed by atoms with Crippen LogP contribution in [0.15, 0.2) is 24.3 Å². The van der Waals surface area contributed by atoms with Gasteiger partial charge in [0.05, 0.1) is 0 Å². The fourth-order valence-electron chi connectivity index (χ4n) is 2.49. The Kier molecular flexibility index (Phi) is 3.20. The van der Waals surface area contributed by atoms with Crippen molar-refractivity contribution in [3.05, 3.63) is 35.4 Å². The first-order valence-electron chi connectivity index (χ1n) is 6.11. The fourth-order valence-corrected chi connectivity index (χ4v) is 2.49. The molecule has 0 spiro atoms. The summed E-state index contributed by atoms with van der Waals surface area (Å²) in [6.07, 6.45) is 0.929. The average Bonchev–Trinajstić information content (AvgIpc) is 2.28. The number of nitrogens with zero attached hydrogens (tertiary/aromatic N) is 1. The summed E-state index contributed by atoms with van der Waals surface area (Å²) in [6.45, 7) is 5.86. The second-order valence-corrected chi connectivity index (χ2v) is 5.21. The molecule has 0 fully saturated rings. The third kappa shape index (κ3) is 2.20. The number of hydrogen-bond donors (Lipinski definition) is 1. The second-order valence-electron chi connectivity index (χ2n) is 5.21. The molecule has 3 nitrogen and oxygen atoms in total. The summed E-state index contributed by atoms with van der Waals surface area (Å²) in [6, 6.07) is 7.93. The molecule has 0 aliphatic carbocycles. The summed E-state index contributed by atoms with van der Waals surface area (Å²) in [4.78, 5) is 14.4. The summed E-state index contributed by atoms with van der Waals surface area (Å²) in [5.41, 5.74) is 1.94. The lowest BCUT2D eigenvalue weighted by Gasteiger charge is -2.43. The van der Waals surface area contributed by atoms with Crippen LogP contribution in [0.25, 0.3) is 0 Å². The highest BCUT2D eigenvalue weighted by molar-refractivity contribution is 5.97. The Hall–Kier alpha value is -1.35. The zero-order chi connectivity index (χ0) is 12.5. The quantitative estimate of drug-likeness (QED) is 0.860. The van der Waals surface area contributed by atoms with Crippen molar-refractivity contribution in [2.45, 2.75) is 25.8 Å². The SMILES string of the molecule is CNCCN1C(=O)c2ccccc2CC1(C)C. The molecule has 0 saturated heterocycles. The van der Waals surface area contributed by atoms with E-state index in [1.54, 1.807) is 0 Å². The molecule has 1 aliphatic rings. The van der Waals surface area contributed by atoms with Gasteiger partial charge in [-0.15, -0.1) is 0 Å². The van der Waals surface area contributed by atoms with Crippen LogP contribution >= 0.6 is 0 Å². The number of carbonyl (C=O) groups excluding carboxylic acids is 1. The smallest absolute Gasteiger partial charge is 0.254 e. The van der Waals surface area contributed by atoms with Crippen LogP contribution in [0.3, 0.4) is 0 Å². The second kappa shape index (κ2) is 4.49. The predicted molar refractivity (Wildman–Crippen MR) is 69.2 cm³/mol. The van der Waals surface area contributed by atoms with Crippen molar-refractivity contribution in [2.75, 3.05) is 20.1 Å². The Bertz CT molecular complexity index is 426. The Morgan fingerprint density at radius 2 is 2.06 bits per heavy atom. The van der Waals surface area contributed by atoms with E-state index in [4.69, 9.17) is 0 Å². The van der Waals surface area contributed by atoms with Gasteiger partial charge in [0.1, 0.15) is 0 Å². The van der Waals surface area contributed by atoms with Gasteiger partial charge in [0.15, 0.2) is 0 Å². The molecule has 2 rings (SSSR count). The van der Waals surface area contributed by atoms with E-state index in [1.165, 1.54) is 5.56 Å². The van der Waals surface area contributed by atoms with Crippen LogP contribution in [0.2, 0.25) is 0 Å². The number of carbonyl (C=O) groups is 1. The highest BCUT2D eigenvalue weighted by Gasteiger charge is 2.37. The highest BCUT2D eigenvalue weighted by atomic mass is 16.2. The van der Waals surface area contributed by atoms with Gasteiger partial charge < -0.3 is 10.2 Å². The zero-order valence-electron chi connectivity index (χ0n) is 10.8. The summed E-state index contributed by atoms with van der Waals surface area (Å²) in [7, 11) is 1.91. The van der Waals surface area contributed by atoms with Gasteiger partial charge >= 0.3 is 0 Å². The molecule has 17 heavy (non-hydrogen) atoms. The minimum Gasteiger partial charge on any atom is -0.332 e. The van der Waals surface area contributed by atoms with Gasteiger partial charge in [0, 0.05) is 24.2 Å². The zero-order valence-corrected chi connectivity index (χ0v) is 10.8. The lowest BCUT2D eigenvalue weighted by molar-refractivity contribution is 0.0513. The molecular formula is C14H20N2O. The largest absolute Gasteiger partial charge is 0.332 e. The Morgan fingerprint density at radius 3 is 2.76 bits per heavy atom. The molecule has 1 amide bonds. The summed E-state index contributed by atoms with van der Waals surface area (Å²) >= 11 is 0. The standard InChI is InChI=1S/C14H20N2O/c1-14(2)10-11-6-4-5-7-12(11)13(17)16(14)9-8-15-3/h4-7,15H,8-10H2,1-3H3. The molecule has 1 N–H and O–H groups in total. The Morgan fingerprint density at radius 1 is 1.35 bits per heavy atom. The van der Waals surface area contributed by atoms with Crippen molar-refractivity contribution in [1.29, 1.82) is 0 Å². The molecule has 0 aromatic heterocycles. The minimum atomic E-state index is -0.0950. The van der Waals surface area contributed by atoms with Gasteiger partial charge in [-0.05, 0) is 38.9 Å². The van der Waals surface area contributed by atoms with E-state index in [-0.39, 0.29) is 11.4 Å². The number of fused-ring (bicyclic) bond motifs is 1. The lowest BCUT2D eigenvalue weighted by Crippen LogP contribution is -2.54. The highest BCUT2D eigenvalue weighted by Crippen LogP contribution is 2.29. The van der Waals surface area contributed by atoms with Gasteiger partial charge in [-0.1, -0.05) is 18.2 Å². The maximum atomic E-state index is 12.4. The van der Waals surface area contributed by atoms with Crippen molar-refractivity contribution in [3.63, 3.8) is 0 Å². The number of rotatable bonds is 3. The minimum absolute atomic E-state index is 0.0950. The number of likely N-dealkylation sites (N-methyl/N-ethyl adjacent to an activating group) is 1. The molecule has 92 valence electrons. The van der Waals surface area contributed by atoms with Gasteiger partial charge in [-0.2, -0.15) is 0 Å². The van der Waals surface area contributed by atoms with E-state index in [0.717, 1.165) is 25.1 Å². The molecule has 1 heterocycles. The third-order valence-corrected chi connectivity index (χ3v) is 3.43. The summed E-state index contributed by atoms with van der Waals surface area (Å²) in [5, 5.41) is 3.10. The molecular weight excluding hydrogens is 212 g/mol. The van der Waals surface area contributed by atoms with Gasteiger partial charge in [-0.25, -0.2) is 0 Å². The summed E-state index contributed by atoms with van der Waals surface area (Å²) < 4.78 is 0. The molecule has 3 heteroatoms. The maximum Gasteiger partial charge on any atom is 0.254 e. The Labute approximate surface area is 103 Å². The van der Waals surface area contributed by atoms with Crippen LogP contribution in [0, 0.1) is 0 Å². The number of hydrogen-bond acceptors (Lipinski definition) is 2. The first-order chi connectivity index (χ1) is 8.06. The van der Waals surface area contributed by atoms with E-state index < -0.39 is 0 Å². The molecule has 0 unspecified atom stereocenters. The first kappa shape index (κ1) is 12.1. The van der Waals surface area contributed by atoms with Crippen molar-refractivity contribution < 1.29 is 4.79 Å². The van der Waals surface area contributed by atoms with Crippen LogP contribution in [0.5, 0.6) is 0 Å². The van der Waals surface area contributed by atoms with Crippen molar-refractivity contribution >= 4 is 5.91 Å². The average molecular weight is 232 g/mol. The van der Waals surface area contributed by atoms with E-state index >= 15 is 0 Å². The van der Waals surface area contributed by atoms with E-state index in [2.05, 4.69) is 25.2 Å². The van der Waals surface area contributed by atoms with E-state index in [1.807, 2.05) is 30.1 Å². The van der Waals surface area contributed by atoms with Crippen molar-refractivity contribution in [2.24, 2.45) is 0 Å². The molecule has 0 radical (unpaired) electrons. The molecule has 0 atom stereocenters. The normalized spacial score (nSPS) is 18.1. The molecule has 0 saturated carbocycles. The van der Waals surface area contributed by atoms with Gasteiger partial charge in [-0.3, -0.25) is 4.79 Å². The molecule has 1 aliphatic heterocycles. The molecule has 1 aromatic carbocycles. The Balaban J connectivity index is 2.33. The lowest BCUT2D eigenvalue weighted by atomic mass is 9.85. The van der Waals surface area contributed by atoms with Crippen LogP contribution in [-0.4, -0.2) is 36.5 Å². The van der Waals surface area contributed by atoms with Gasteiger partial charge in [0.2, 0.25) is 0 Å². The number of nitrogens with one attached hydrogen (secondary N) is 1. The molecule has 1 aromatic rings. The summed E-state index contributed by atoms with van der Waals surface area (Å²) in [5.74, 6) is 0.159. The first-order valence-corrected chi connectivity index (χ1v) is 6.11. The number of benzene rings is 1. The van der Waals surface area contributed by atoms with Gasteiger partial charge in [0.25, 0.3) is 5.91 Å². The van der Waals surface area contributed by atoms with Crippen molar-refractivity contribution in [1.82, 2.24) is 10.2 Å². The topological polar surface area (TPSA) is 32.3 Å². The number of amides is 1. The van der Waals surface area contributed by atoms with Crippen LogP contribution in [0.1, 0.15) is 29.8 Å². The van der Waals surface area contributed by atoms with Crippen LogP contribution < -0.4 is 5.32 Å². The maximum absolute atomic E-state index is 12.4. The third-order valence-electron chi connectivity index (χ3n) is 3.43. The van der Waals surface area contributed by atoms with Crippen LogP contribution in [-0.2, 0) is 6.42 Å². The van der Waals surface area contributed by atoms with Crippen molar-refractivity contribution in [3.8, 4) is 0 Å². The predicted octanol–water partition coefficient (Wildman–Crippen LogP) is 1.68. The fraction of sp³-hybridized carbons (Fsp3) is 0.500. The molecule has 0 bridgehead atoms. The van der Waals surface area contributed by atoms with Crippen LogP contribution in [0.4, 0.5) is 0 Å². The monoisotopic (exact) mass is 232 g/mol.